The minimum atomic E-state index is -3.34. The first-order chi connectivity index (χ1) is 25.3. The molecule has 0 fully saturated rings. The number of hydrogen-bond acceptors (Lipinski definition) is 15. The van der Waals surface area contributed by atoms with Gasteiger partial charge in [-0.2, -0.15) is 5.11 Å². The first-order valence-corrected chi connectivity index (χ1v) is 19.4. The Balaban J connectivity index is 0.00000664. The Morgan fingerprint density at radius 1 is 0.654 bits per heavy atom. The van der Waals surface area contributed by atoms with E-state index in [0.29, 0.717) is 117 Å². The lowest BCUT2D eigenvalue weighted by molar-refractivity contribution is -0.0980. The number of nitrogens with zero attached hydrogens (tertiary/aromatic N) is 3. The molecule has 2 aromatic rings. The quantitative estimate of drug-likeness (QED) is 0.0823. The summed E-state index contributed by atoms with van der Waals surface area (Å²) < 4.78 is 67.0. The number of rotatable bonds is 32. The number of azo groups is 1. The normalized spacial score (nSPS) is 11.5. The number of benzene rings is 2. The Morgan fingerprint density at radius 2 is 1.08 bits per heavy atom. The average Bonchev–Trinajstić information content (AvgIpc) is 3.15. The zero-order valence-corrected chi connectivity index (χ0v) is 32.0. The van der Waals surface area contributed by atoms with E-state index >= 15 is 0 Å². The molecule has 0 aliphatic heterocycles. The fraction of sp³-hybridized carbons (Fsp3) is 0.629. The highest BCUT2D eigenvalue weighted by atomic mass is 35.5. The van der Waals surface area contributed by atoms with Crippen molar-refractivity contribution in [3.05, 3.63) is 47.5 Å². The first kappa shape index (κ1) is 47.4. The van der Waals surface area contributed by atoms with Gasteiger partial charge >= 0.3 is 0 Å². The molecule has 17 heteroatoms. The first-order valence-electron chi connectivity index (χ1n) is 17.1. The molecule has 0 atom stereocenters. The Labute approximate surface area is 313 Å². The summed E-state index contributed by atoms with van der Waals surface area (Å²) in [6.45, 7) is 13.7. The van der Waals surface area contributed by atoms with Gasteiger partial charge in [-0.1, -0.05) is 11.6 Å². The summed E-state index contributed by atoms with van der Waals surface area (Å²) in [6, 6.07) is 12.1. The summed E-state index contributed by atoms with van der Waals surface area (Å²) in [5, 5.41) is 17.2. The summed E-state index contributed by atoms with van der Waals surface area (Å²) in [6.07, 6.45) is 2.00. The minimum Gasteiger partial charge on any atom is -0.394 e. The van der Waals surface area contributed by atoms with E-state index in [9.17, 15) is 8.42 Å². The van der Waals surface area contributed by atoms with Crippen LogP contribution in [-0.4, -0.2) is 152 Å². The number of ether oxygens (including phenoxy) is 8. The van der Waals surface area contributed by atoms with E-state index in [1.165, 1.54) is 12.1 Å². The van der Waals surface area contributed by atoms with Crippen molar-refractivity contribution >= 4 is 45.3 Å². The monoisotopic (exact) mass is 777 g/mol. The Kier molecular flexibility index (Phi) is 29.1. The Morgan fingerprint density at radius 3 is 1.46 bits per heavy atom. The summed E-state index contributed by atoms with van der Waals surface area (Å²) >= 11 is 6.19. The molecule has 0 aliphatic rings. The Bertz CT molecular complexity index is 1290. The van der Waals surface area contributed by atoms with Gasteiger partial charge in [0.15, 0.2) is 9.84 Å². The van der Waals surface area contributed by atoms with Crippen molar-refractivity contribution in [1.82, 2.24) is 0 Å². The number of aliphatic hydroxyl groups is 1. The van der Waals surface area contributed by atoms with E-state index < -0.39 is 9.84 Å². The summed E-state index contributed by atoms with van der Waals surface area (Å²) in [7, 11) is -3.34. The van der Waals surface area contributed by atoms with Gasteiger partial charge in [0.2, 0.25) is 0 Å². The molecule has 52 heavy (non-hydrogen) atoms. The molecule has 1 N–H and O–H groups in total. The SMILES string of the molecule is C=O.CCN(CCCOCCOCCOCCOCCOCCOCCOCCOCCO)c1ccc(N=Nc2ccc(S(C)(=O)=O)cc2Cl)cc1. The van der Waals surface area contributed by atoms with Crippen molar-refractivity contribution in [2.24, 2.45) is 10.2 Å². The molecule has 0 aliphatic carbocycles. The van der Waals surface area contributed by atoms with E-state index in [1.807, 2.05) is 31.1 Å². The predicted octanol–water partition coefficient (Wildman–Crippen LogP) is 4.32. The number of hydrogen-bond donors (Lipinski definition) is 1. The molecule has 15 nitrogen and oxygen atoms in total. The van der Waals surface area contributed by atoms with E-state index in [4.69, 9.17) is 59.4 Å². The number of anilines is 1. The van der Waals surface area contributed by atoms with Crippen LogP contribution >= 0.6 is 11.6 Å². The molecule has 296 valence electrons. The van der Waals surface area contributed by atoms with E-state index in [0.717, 1.165) is 31.5 Å². The van der Waals surface area contributed by atoms with E-state index in [-0.39, 0.29) is 16.5 Å². The molecular weight excluding hydrogens is 722 g/mol. The van der Waals surface area contributed by atoms with Crippen LogP contribution in [0.15, 0.2) is 57.6 Å². The second-order valence-corrected chi connectivity index (χ2v) is 13.1. The van der Waals surface area contributed by atoms with E-state index in [1.54, 1.807) is 6.07 Å². The maximum atomic E-state index is 11.7. The number of carbonyl (C=O) groups excluding carboxylic acids is 1. The second kappa shape index (κ2) is 31.9. The van der Waals surface area contributed by atoms with Crippen molar-refractivity contribution in [1.29, 1.82) is 0 Å². The van der Waals surface area contributed by atoms with Crippen molar-refractivity contribution in [3.63, 3.8) is 0 Å². The van der Waals surface area contributed by atoms with Gasteiger partial charge in [0.05, 0.1) is 121 Å². The molecule has 0 radical (unpaired) electrons. The molecule has 2 rings (SSSR count). The molecule has 0 bridgehead atoms. The predicted molar refractivity (Wildman–Crippen MR) is 198 cm³/mol. The lowest BCUT2D eigenvalue weighted by Gasteiger charge is -2.23. The molecule has 0 heterocycles. The Hall–Kier alpha value is -2.61. The number of halogens is 1. The molecule has 0 saturated heterocycles. The zero-order valence-electron chi connectivity index (χ0n) is 30.5. The van der Waals surface area contributed by atoms with Gasteiger partial charge in [-0.15, -0.1) is 5.11 Å². The third-order valence-corrected chi connectivity index (χ3v) is 8.19. The fourth-order valence-corrected chi connectivity index (χ4v) is 5.10. The van der Waals surface area contributed by atoms with Crippen molar-refractivity contribution < 1.29 is 56.2 Å². The van der Waals surface area contributed by atoms with E-state index in [2.05, 4.69) is 22.1 Å². The fourth-order valence-electron chi connectivity index (χ4n) is 4.17. The van der Waals surface area contributed by atoms with Gasteiger partial charge in [0.25, 0.3) is 0 Å². The summed E-state index contributed by atoms with van der Waals surface area (Å²) in [5.41, 5.74) is 2.13. The second-order valence-electron chi connectivity index (χ2n) is 10.7. The molecule has 0 spiro atoms. The van der Waals surface area contributed by atoms with Gasteiger partial charge in [-0.25, -0.2) is 8.42 Å². The topological polar surface area (TPSA) is 173 Å². The minimum absolute atomic E-state index is 0.0190. The lowest BCUT2D eigenvalue weighted by atomic mass is 10.2. The largest absolute Gasteiger partial charge is 0.394 e. The van der Waals surface area contributed by atoms with Gasteiger partial charge in [-0.05, 0) is 55.8 Å². The third kappa shape index (κ3) is 23.9. The van der Waals surface area contributed by atoms with Crippen LogP contribution in [0.5, 0.6) is 0 Å². The van der Waals surface area contributed by atoms with Gasteiger partial charge < -0.3 is 52.7 Å². The van der Waals surface area contributed by atoms with Crippen LogP contribution in [0.3, 0.4) is 0 Å². The summed E-state index contributed by atoms with van der Waals surface area (Å²) in [4.78, 5) is 10.4. The highest BCUT2D eigenvalue weighted by molar-refractivity contribution is 7.90. The number of aliphatic hydroxyl groups excluding tert-OH is 1. The van der Waals surface area contributed by atoms with Crippen molar-refractivity contribution in [2.45, 2.75) is 18.2 Å². The number of sulfone groups is 1. The van der Waals surface area contributed by atoms with Crippen LogP contribution < -0.4 is 4.90 Å². The molecule has 0 aromatic heterocycles. The average molecular weight is 778 g/mol. The molecule has 0 unspecified atom stereocenters. The van der Waals surface area contributed by atoms with Crippen molar-refractivity contribution in [3.8, 4) is 0 Å². The highest BCUT2D eigenvalue weighted by Gasteiger charge is 2.10. The molecule has 0 amide bonds. The third-order valence-electron chi connectivity index (χ3n) is 6.77. The van der Waals surface area contributed by atoms with Crippen LogP contribution in [0.1, 0.15) is 13.3 Å². The maximum absolute atomic E-state index is 11.7. The summed E-state index contributed by atoms with van der Waals surface area (Å²) in [5.74, 6) is 0. The molecular formula is C35H56ClN3O12S. The molecule has 0 saturated carbocycles. The van der Waals surface area contributed by atoms with Gasteiger partial charge in [0, 0.05) is 31.6 Å². The smallest absolute Gasteiger partial charge is 0.175 e. The lowest BCUT2D eigenvalue weighted by Crippen LogP contribution is -2.25. The van der Waals surface area contributed by atoms with Gasteiger partial charge in [0.1, 0.15) is 12.5 Å². The number of carbonyl (C=O) groups is 1. The van der Waals surface area contributed by atoms with Crippen LogP contribution in [0.25, 0.3) is 0 Å². The van der Waals surface area contributed by atoms with Crippen LogP contribution in [0, 0.1) is 0 Å². The van der Waals surface area contributed by atoms with Crippen LogP contribution in [0.4, 0.5) is 17.1 Å². The standard InChI is InChI=1S/C34H54ClN3O11S.CH2O/c1-3-38(31-7-5-30(6-8-31)36-37-34-10-9-32(29-33(34)35)50(2,40)41)11-4-13-42-15-17-44-19-21-46-23-25-48-27-28-49-26-24-47-22-20-45-18-16-43-14-12-39;1-2/h5-10,29,39H,3-4,11-28H2,1-2H3;1H2. The highest BCUT2D eigenvalue weighted by Crippen LogP contribution is 2.30. The molecule has 2 aromatic carbocycles. The maximum Gasteiger partial charge on any atom is 0.175 e. The van der Waals surface area contributed by atoms with Crippen LogP contribution in [0.2, 0.25) is 5.02 Å². The van der Waals surface area contributed by atoms with Crippen LogP contribution in [-0.2, 0) is 52.5 Å². The van der Waals surface area contributed by atoms with Gasteiger partial charge in [-0.3, -0.25) is 0 Å². The zero-order chi connectivity index (χ0) is 38.1. The van der Waals surface area contributed by atoms with Crippen molar-refractivity contribution in [2.75, 3.05) is 137 Å².